The Morgan fingerprint density at radius 3 is 2.67 bits per heavy atom. The molecule has 1 aromatic heterocycles. The summed E-state index contributed by atoms with van der Waals surface area (Å²) < 4.78 is 0. The smallest absolute Gasteiger partial charge is 0.227 e. The molecule has 0 spiro atoms. The lowest BCUT2D eigenvalue weighted by molar-refractivity contribution is -0.117. The average molecular weight is 342 g/mol. The first kappa shape index (κ1) is 16.4. The van der Waals surface area contributed by atoms with Crippen LogP contribution in [0, 0.1) is 6.92 Å². The zero-order valence-electron chi connectivity index (χ0n) is 13.4. The molecular formula is C17H18N4O2S. The predicted octanol–water partition coefficient (Wildman–Crippen LogP) is 2.47. The number of amides is 1. The van der Waals surface area contributed by atoms with Crippen LogP contribution >= 0.6 is 11.8 Å². The number of nitrogens with zero attached hydrogens (tertiary/aromatic N) is 3. The third-order valence-corrected chi connectivity index (χ3v) is 4.61. The molecule has 0 saturated carbocycles. The molecule has 2 N–H and O–H groups in total. The van der Waals surface area contributed by atoms with E-state index in [1.54, 1.807) is 23.1 Å². The molecular weight excluding hydrogens is 324 g/mol. The molecule has 24 heavy (non-hydrogen) atoms. The summed E-state index contributed by atoms with van der Waals surface area (Å²) in [6, 6.07) is 8.85. The predicted molar refractivity (Wildman–Crippen MR) is 94.3 cm³/mol. The lowest BCUT2D eigenvalue weighted by atomic mass is 10.1. The maximum absolute atomic E-state index is 12.3. The summed E-state index contributed by atoms with van der Waals surface area (Å²) in [5.41, 5.74) is 7.91. The first-order valence-corrected chi connectivity index (χ1v) is 8.69. The van der Waals surface area contributed by atoms with Crippen molar-refractivity contribution in [3.8, 4) is 0 Å². The number of anilines is 2. The second-order valence-corrected chi connectivity index (χ2v) is 6.57. The van der Waals surface area contributed by atoms with Crippen molar-refractivity contribution in [2.45, 2.75) is 24.9 Å². The Hall–Kier alpha value is -2.41. The van der Waals surface area contributed by atoms with Gasteiger partial charge in [-0.1, -0.05) is 11.8 Å². The number of rotatable bonds is 5. The molecule has 1 aliphatic heterocycles. The molecule has 1 saturated heterocycles. The van der Waals surface area contributed by atoms with E-state index >= 15 is 0 Å². The molecule has 2 heterocycles. The SMILES string of the molecule is Cc1cc(N)nc(SCC(=O)c2ccc(N3CCCC3=O)cc2)n1. The lowest BCUT2D eigenvalue weighted by Crippen LogP contribution is -2.23. The molecule has 0 bridgehead atoms. The highest BCUT2D eigenvalue weighted by atomic mass is 32.2. The summed E-state index contributed by atoms with van der Waals surface area (Å²) >= 11 is 1.27. The van der Waals surface area contributed by atoms with E-state index in [9.17, 15) is 9.59 Å². The topological polar surface area (TPSA) is 89.2 Å². The standard InChI is InChI=1S/C17H18N4O2S/c1-11-9-15(18)20-17(19-11)24-10-14(22)12-4-6-13(7-5-12)21-8-2-3-16(21)23/h4-7,9H,2-3,8,10H2,1H3,(H2,18,19,20). The number of Topliss-reactive ketones (excluding diaryl/α,β-unsaturated/α-hetero) is 1. The summed E-state index contributed by atoms with van der Waals surface area (Å²) in [6.45, 7) is 2.58. The Morgan fingerprint density at radius 1 is 1.29 bits per heavy atom. The van der Waals surface area contributed by atoms with Crippen LogP contribution in [0.15, 0.2) is 35.5 Å². The number of carbonyl (C=O) groups excluding carboxylic acids is 2. The minimum absolute atomic E-state index is 0.0111. The van der Waals surface area contributed by atoms with Crippen LogP contribution < -0.4 is 10.6 Å². The Morgan fingerprint density at radius 2 is 2.04 bits per heavy atom. The molecule has 0 aliphatic carbocycles. The van der Waals surface area contributed by atoms with Gasteiger partial charge in [0.1, 0.15) is 5.82 Å². The lowest BCUT2D eigenvalue weighted by Gasteiger charge is -2.15. The normalized spacial score (nSPS) is 14.2. The quantitative estimate of drug-likeness (QED) is 0.510. The van der Waals surface area contributed by atoms with E-state index in [1.165, 1.54) is 11.8 Å². The summed E-state index contributed by atoms with van der Waals surface area (Å²) in [5, 5.41) is 0.500. The Kier molecular flexibility index (Phi) is 4.80. The molecule has 1 aromatic carbocycles. The molecule has 6 nitrogen and oxygen atoms in total. The van der Waals surface area contributed by atoms with Gasteiger partial charge in [0.05, 0.1) is 5.75 Å². The van der Waals surface area contributed by atoms with Crippen LogP contribution in [0.5, 0.6) is 0 Å². The first-order valence-electron chi connectivity index (χ1n) is 7.70. The number of thioether (sulfide) groups is 1. The van der Waals surface area contributed by atoms with E-state index < -0.39 is 0 Å². The van der Waals surface area contributed by atoms with Gasteiger partial charge in [0.25, 0.3) is 0 Å². The maximum atomic E-state index is 12.3. The van der Waals surface area contributed by atoms with Crippen molar-refractivity contribution < 1.29 is 9.59 Å². The van der Waals surface area contributed by atoms with Gasteiger partial charge in [-0.25, -0.2) is 9.97 Å². The Labute approximate surface area is 144 Å². The number of hydrogen-bond acceptors (Lipinski definition) is 6. The number of nitrogens with two attached hydrogens (primary N) is 1. The van der Waals surface area contributed by atoms with Gasteiger partial charge in [0.15, 0.2) is 10.9 Å². The highest BCUT2D eigenvalue weighted by Gasteiger charge is 2.21. The molecule has 1 fully saturated rings. The van der Waals surface area contributed by atoms with Crippen molar-refractivity contribution in [1.82, 2.24) is 9.97 Å². The fraction of sp³-hybridized carbons (Fsp3) is 0.294. The third-order valence-electron chi connectivity index (χ3n) is 3.76. The number of ketones is 1. The summed E-state index contributed by atoms with van der Waals surface area (Å²) in [4.78, 5) is 34.1. The number of aromatic nitrogens is 2. The van der Waals surface area contributed by atoms with Crippen molar-refractivity contribution in [2.75, 3.05) is 22.9 Å². The molecule has 3 rings (SSSR count). The molecule has 7 heteroatoms. The summed E-state index contributed by atoms with van der Waals surface area (Å²) in [6.07, 6.45) is 1.48. The van der Waals surface area contributed by atoms with Crippen molar-refractivity contribution in [3.63, 3.8) is 0 Å². The monoisotopic (exact) mass is 342 g/mol. The largest absolute Gasteiger partial charge is 0.384 e. The minimum Gasteiger partial charge on any atom is -0.384 e. The molecule has 0 atom stereocenters. The molecule has 1 aliphatic rings. The van der Waals surface area contributed by atoms with Gasteiger partial charge in [-0.3, -0.25) is 9.59 Å². The van der Waals surface area contributed by atoms with Crippen LogP contribution in [0.4, 0.5) is 11.5 Å². The van der Waals surface area contributed by atoms with Gasteiger partial charge >= 0.3 is 0 Å². The summed E-state index contributed by atoms with van der Waals surface area (Å²) in [7, 11) is 0. The number of carbonyl (C=O) groups is 2. The van der Waals surface area contributed by atoms with Gasteiger partial charge in [0, 0.05) is 36.0 Å². The Balaban J connectivity index is 1.63. The van der Waals surface area contributed by atoms with Gasteiger partial charge in [-0.2, -0.15) is 0 Å². The van der Waals surface area contributed by atoms with Crippen molar-refractivity contribution in [1.29, 1.82) is 0 Å². The third kappa shape index (κ3) is 3.73. The zero-order valence-corrected chi connectivity index (χ0v) is 14.2. The fourth-order valence-corrected chi connectivity index (χ4v) is 3.40. The van der Waals surface area contributed by atoms with E-state index in [4.69, 9.17) is 5.73 Å². The van der Waals surface area contributed by atoms with Gasteiger partial charge in [-0.15, -0.1) is 0 Å². The van der Waals surface area contributed by atoms with Crippen LogP contribution in [0.1, 0.15) is 28.9 Å². The molecule has 2 aromatic rings. The minimum atomic E-state index is -0.0111. The van der Waals surface area contributed by atoms with Crippen LogP contribution in [-0.4, -0.2) is 34.0 Å². The summed E-state index contributed by atoms with van der Waals surface area (Å²) in [5.74, 6) is 0.768. The average Bonchev–Trinajstić information content (AvgIpc) is 2.98. The van der Waals surface area contributed by atoms with E-state index in [2.05, 4.69) is 9.97 Å². The van der Waals surface area contributed by atoms with Crippen LogP contribution in [0.25, 0.3) is 0 Å². The first-order chi connectivity index (χ1) is 11.5. The zero-order chi connectivity index (χ0) is 17.1. The van der Waals surface area contributed by atoms with E-state index in [0.29, 0.717) is 23.0 Å². The van der Waals surface area contributed by atoms with Crippen molar-refractivity contribution in [2.24, 2.45) is 0 Å². The van der Waals surface area contributed by atoms with Gasteiger partial charge in [-0.05, 0) is 37.6 Å². The van der Waals surface area contributed by atoms with Crippen molar-refractivity contribution in [3.05, 3.63) is 41.6 Å². The fourth-order valence-electron chi connectivity index (χ4n) is 2.59. The molecule has 1 amide bonds. The van der Waals surface area contributed by atoms with Gasteiger partial charge < -0.3 is 10.6 Å². The highest BCUT2D eigenvalue weighted by molar-refractivity contribution is 7.99. The molecule has 124 valence electrons. The number of hydrogen-bond donors (Lipinski definition) is 1. The molecule has 0 unspecified atom stereocenters. The second kappa shape index (κ2) is 7.00. The number of benzene rings is 1. The number of nitrogen functional groups attached to an aromatic ring is 1. The van der Waals surface area contributed by atoms with Gasteiger partial charge in [0.2, 0.25) is 5.91 Å². The van der Waals surface area contributed by atoms with E-state index in [-0.39, 0.29) is 17.4 Å². The second-order valence-electron chi connectivity index (χ2n) is 5.62. The maximum Gasteiger partial charge on any atom is 0.227 e. The molecule has 0 radical (unpaired) electrons. The van der Waals surface area contributed by atoms with Crippen LogP contribution in [-0.2, 0) is 4.79 Å². The van der Waals surface area contributed by atoms with Crippen molar-refractivity contribution >= 4 is 35.0 Å². The highest BCUT2D eigenvalue weighted by Crippen LogP contribution is 2.23. The number of aryl methyl sites for hydroxylation is 1. The van der Waals surface area contributed by atoms with E-state index in [1.807, 2.05) is 19.1 Å². The Bertz CT molecular complexity index is 756. The van der Waals surface area contributed by atoms with Crippen LogP contribution in [0.2, 0.25) is 0 Å². The van der Waals surface area contributed by atoms with E-state index in [0.717, 1.165) is 24.3 Å². The van der Waals surface area contributed by atoms with Crippen LogP contribution in [0.3, 0.4) is 0 Å².